The number of nitrogens with zero attached hydrogens (tertiary/aromatic N) is 4. The predicted octanol–water partition coefficient (Wildman–Crippen LogP) is 6.07. The van der Waals surface area contributed by atoms with Crippen LogP contribution in [0.5, 0.6) is 0 Å². The van der Waals surface area contributed by atoms with Crippen molar-refractivity contribution in [2.45, 2.75) is 103 Å². The summed E-state index contributed by atoms with van der Waals surface area (Å²) in [4.78, 5) is 64.7. The monoisotopic (exact) mass is 661 g/mol. The fourth-order valence-electron chi connectivity index (χ4n) is 7.15. The van der Waals surface area contributed by atoms with Gasteiger partial charge in [0.1, 0.15) is 16.7 Å². The lowest BCUT2D eigenvalue weighted by molar-refractivity contribution is -0.147. The number of carbonyl (C=O) groups is 4. The molecular formula is C35H43N5O6S. The molecule has 250 valence electrons. The number of amides is 2. The van der Waals surface area contributed by atoms with Gasteiger partial charge in [-0.15, -0.1) is 11.3 Å². The molecular weight excluding hydrogens is 618 g/mol. The van der Waals surface area contributed by atoms with Crippen LogP contribution in [-0.2, 0) is 19.1 Å². The maximum absolute atomic E-state index is 14.4. The molecule has 2 aromatic heterocycles. The van der Waals surface area contributed by atoms with Gasteiger partial charge in [-0.05, 0) is 83.4 Å². The van der Waals surface area contributed by atoms with E-state index in [-0.39, 0.29) is 36.6 Å². The number of carboxylic acids is 1. The van der Waals surface area contributed by atoms with Crippen molar-refractivity contribution in [2.75, 3.05) is 6.54 Å². The Kier molecular flexibility index (Phi) is 8.99. The zero-order chi connectivity index (χ0) is 33.5. The number of fused-ring (bicyclic) bond motifs is 3. The molecule has 2 aliphatic heterocycles. The summed E-state index contributed by atoms with van der Waals surface area (Å²) in [6.07, 6.45) is 11.0. The van der Waals surface area contributed by atoms with Crippen LogP contribution in [0.1, 0.15) is 83.7 Å². The smallest absolute Gasteiger partial charge is 0.408 e. The van der Waals surface area contributed by atoms with Crippen LogP contribution in [0, 0.1) is 18.3 Å². The second-order valence-electron chi connectivity index (χ2n) is 14.2. The average molecular weight is 662 g/mol. The third-order valence-electron chi connectivity index (χ3n) is 9.65. The standard InChI is InChI=1S/C35H43N5O6S/c1-21-14-22(30-36-12-13-47-30)15-27-29(21)37-20-40(27)24-16-26-28(41)18-35(32(43)44)17-23(35)10-8-6-5-7-9-11-25(31(42)39(26)19-24)38-33(45)46-34(2,3)4/h8,10,12-15,20,23-26H,5-7,9,11,16-19H2,1-4H3,(H,38,45)(H,43,44)/b10-8-/t23-,24-,25+,26+,35-/m1/s1. The molecule has 0 bridgehead atoms. The Bertz CT molecular complexity index is 1710. The van der Waals surface area contributed by atoms with Crippen molar-refractivity contribution in [3.63, 3.8) is 0 Å². The highest BCUT2D eigenvalue weighted by molar-refractivity contribution is 7.13. The van der Waals surface area contributed by atoms with Gasteiger partial charge in [0.05, 0.1) is 34.9 Å². The predicted molar refractivity (Wildman–Crippen MR) is 178 cm³/mol. The van der Waals surface area contributed by atoms with Crippen molar-refractivity contribution in [3.8, 4) is 10.6 Å². The topological polar surface area (TPSA) is 144 Å². The maximum atomic E-state index is 14.4. The van der Waals surface area contributed by atoms with Gasteiger partial charge in [-0.25, -0.2) is 14.8 Å². The van der Waals surface area contributed by atoms with Crippen molar-refractivity contribution < 1.29 is 29.0 Å². The first-order valence-electron chi connectivity index (χ1n) is 16.5. The van der Waals surface area contributed by atoms with E-state index in [9.17, 15) is 24.3 Å². The number of imidazole rings is 1. The number of aromatic nitrogens is 3. The van der Waals surface area contributed by atoms with E-state index in [0.29, 0.717) is 25.7 Å². The molecule has 3 aromatic rings. The molecule has 1 saturated heterocycles. The summed E-state index contributed by atoms with van der Waals surface area (Å²) in [5.74, 6) is -1.81. The van der Waals surface area contributed by atoms with Gasteiger partial charge in [-0.1, -0.05) is 25.0 Å². The summed E-state index contributed by atoms with van der Waals surface area (Å²) in [5.41, 5.74) is 1.75. The molecule has 0 spiro atoms. The number of hydrogen-bond donors (Lipinski definition) is 2. The van der Waals surface area contributed by atoms with E-state index in [1.807, 2.05) is 35.1 Å². The fraction of sp³-hybridized carbons (Fsp3) is 0.543. The van der Waals surface area contributed by atoms with Crippen LogP contribution in [0.2, 0.25) is 0 Å². The lowest BCUT2D eigenvalue weighted by Crippen LogP contribution is -2.52. The van der Waals surface area contributed by atoms with Gasteiger partial charge in [0.25, 0.3) is 0 Å². The van der Waals surface area contributed by atoms with E-state index < -0.39 is 35.2 Å². The Labute approximate surface area is 278 Å². The number of benzene rings is 1. The highest BCUT2D eigenvalue weighted by Gasteiger charge is 2.61. The Balaban J connectivity index is 1.36. The van der Waals surface area contributed by atoms with Crippen LogP contribution in [0.15, 0.2) is 42.2 Å². The minimum absolute atomic E-state index is 0.152. The summed E-state index contributed by atoms with van der Waals surface area (Å²) in [7, 11) is 0. The number of ketones is 1. The van der Waals surface area contributed by atoms with Crippen LogP contribution in [0.3, 0.4) is 0 Å². The summed E-state index contributed by atoms with van der Waals surface area (Å²) in [5, 5.41) is 15.9. The SMILES string of the molecule is Cc1cc(-c2nccs2)cc2c1ncn2[C@@H]1C[C@H]2C(=O)C[C@]3(C(=O)O)C[C@H]3/C=C\CCCCC[C@H](NC(=O)OC(C)(C)C)C(=O)N2C1. The molecule has 11 nitrogen and oxygen atoms in total. The molecule has 47 heavy (non-hydrogen) atoms. The van der Waals surface area contributed by atoms with Gasteiger partial charge in [0, 0.05) is 30.1 Å². The largest absolute Gasteiger partial charge is 0.481 e. The number of hydrogen-bond acceptors (Lipinski definition) is 8. The van der Waals surface area contributed by atoms with Crippen LogP contribution in [0.25, 0.3) is 21.6 Å². The Hall–Kier alpha value is -4.06. The van der Waals surface area contributed by atoms with Gasteiger partial charge >= 0.3 is 12.1 Å². The number of aryl methyl sites for hydroxylation is 1. The van der Waals surface area contributed by atoms with Crippen molar-refractivity contribution in [2.24, 2.45) is 11.3 Å². The van der Waals surface area contributed by atoms with E-state index in [4.69, 9.17) is 9.72 Å². The van der Waals surface area contributed by atoms with Gasteiger partial charge in [-0.3, -0.25) is 14.4 Å². The molecule has 6 rings (SSSR count). The quantitative estimate of drug-likeness (QED) is 0.321. The first kappa shape index (κ1) is 32.9. The molecule has 0 unspecified atom stereocenters. The second-order valence-corrected chi connectivity index (χ2v) is 15.1. The van der Waals surface area contributed by atoms with E-state index in [0.717, 1.165) is 46.4 Å². The second kappa shape index (κ2) is 12.9. The summed E-state index contributed by atoms with van der Waals surface area (Å²) < 4.78 is 7.53. The molecule has 3 aliphatic rings. The molecule has 1 saturated carbocycles. The average Bonchev–Trinajstić information content (AvgIpc) is 3.45. The molecule has 2 N–H and O–H groups in total. The molecule has 0 radical (unpaired) electrons. The first-order valence-corrected chi connectivity index (χ1v) is 17.3. The van der Waals surface area contributed by atoms with Crippen molar-refractivity contribution in [1.29, 1.82) is 0 Å². The number of nitrogens with one attached hydrogen (secondary N) is 1. The minimum atomic E-state index is -1.16. The van der Waals surface area contributed by atoms with Gasteiger partial charge in [0.2, 0.25) is 5.91 Å². The minimum Gasteiger partial charge on any atom is -0.481 e. The number of Topliss-reactive ketones (excluding diaryl/α,β-unsaturated/α-hetero) is 1. The summed E-state index contributed by atoms with van der Waals surface area (Å²) in [6.45, 7) is 7.51. The van der Waals surface area contributed by atoms with Gasteiger partial charge in [0.15, 0.2) is 5.78 Å². The number of carbonyl (C=O) groups excluding carboxylic acids is 3. The highest BCUT2D eigenvalue weighted by Crippen LogP contribution is 2.57. The molecule has 2 fully saturated rings. The Morgan fingerprint density at radius 3 is 2.68 bits per heavy atom. The molecule has 12 heteroatoms. The Morgan fingerprint density at radius 2 is 1.96 bits per heavy atom. The van der Waals surface area contributed by atoms with Crippen molar-refractivity contribution in [1.82, 2.24) is 24.8 Å². The van der Waals surface area contributed by atoms with Gasteiger partial charge in [-0.2, -0.15) is 0 Å². The zero-order valence-electron chi connectivity index (χ0n) is 27.4. The third-order valence-corrected chi connectivity index (χ3v) is 10.5. The lowest BCUT2D eigenvalue weighted by atomic mass is 9.91. The third kappa shape index (κ3) is 6.83. The first-order chi connectivity index (χ1) is 22.4. The lowest BCUT2D eigenvalue weighted by Gasteiger charge is -2.30. The van der Waals surface area contributed by atoms with Crippen LogP contribution in [-0.4, -0.2) is 72.5 Å². The maximum Gasteiger partial charge on any atom is 0.408 e. The highest BCUT2D eigenvalue weighted by atomic mass is 32.1. The number of ether oxygens (including phenoxy) is 1. The van der Waals surface area contributed by atoms with Crippen molar-refractivity contribution in [3.05, 3.63) is 47.8 Å². The number of rotatable bonds is 4. The number of carboxylic acid groups (broad SMARTS) is 1. The number of alkyl carbamates (subject to hydrolysis) is 1. The van der Waals surface area contributed by atoms with E-state index in [1.165, 1.54) is 0 Å². The number of aliphatic carboxylic acids is 1. The molecule has 5 atom stereocenters. The van der Waals surface area contributed by atoms with E-state index in [1.54, 1.807) is 49.5 Å². The van der Waals surface area contributed by atoms with E-state index in [2.05, 4.69) is 16.4 Å². The fourth-order valence-corrected chi connectivity index (χ4v) is 7.77. The van der Waals surface area contributed by atoms with Crippen LogP contribution in [0.4, 0.5) is 4.79 Å². The van der Waals surface area contributed by atoms with E-state index >= 15 is 0 Å². The summed E-state index contributed by atoms with van der Waals surface area (Å²) >= 11 is 1.55. The molecule has 1 aliphatic carbocycles. The molecule has 4 heterocycles. The van der Waals surface area contributed by atoms with Crippen molar-refractivity contribution >= 4 is 46.1 Å². The molecule has 1 aromatic carbocycles. The number of allylic oxidation sites excluding steroid dienone is 2. The zero-order valence-corrected chi connectivity index (χ0v) is 28.2. The van der Waals surface area contributed by atoms with Crippen LogP contribution >= 0.6 is 11.3 Å². The number of thiazole rings is 1. The Morgan fingerprint density at radius 1 is 1.15 bits per heavy atom. The van der Waals surface area contributed by atoms with Crippen LogP contribution < -0.4 is 5.32 Å². The summed E-state index contributed by atoms with van der Waals surface area (Å²) in [6, 6.07) is 2.08. The normalized spacial score (nSPS) is 27.8. The molecule has 2 amide bonds. The van der Waals surface area contributed by atoms with Gasteiger partial charge < -0.3 is 24.6 Å².